The molecule has 1 amide bonds. The average Bonchev–Trinajstić information content (AvgIpc) is 2.81. The predicted molar refractivity (Wildman–Crippen MR) is 135 cm³/mol. The molecule has 0 aliphatic carbocycles. The van der Waals surface area contributed by atoms with Crippen LogP contribution in [0.25, 0.3) is 22.5 Å². The molecule has 1 unspecified atom stereocenters. The summed E-state index contributed by atoms with van der Waals surface area (Å²) >= 11 is 0. The van der Waals surface area contributed by atoms with Gasteiger partial charge in [0.15, 0.2) is 0 Å². The number of nitrogens with zero attached hydrogens (tertiary/aromatic N) is 4. The van der Waals surface area contributed by atoms with E-state index in [0.717, 1.165) is 30.2 Å². The molecule has 0 saturated heterocycles. The van der Waals surface area contributed by atoms with Crippen LogP contribution in [0.3, 0.4) is 0 Å². The molecule has 0 bridgehead atoms. The molecular formula is C25H31N5O3S. The molecule has 0 fully saturated rings. The van der Waals surface area contributed by atoms with Crippen LogP contribution in [0.15, 0.2) is 60.7 Å². The van der Waals surface area contributed by atoms with Gasteiger partial charge in [-0.15, -0.1) is 10.2 Å². The van der Waals surface area contributed by atoms with Gasteiger partial charge in [0.2, 0.25) is 16.0 Å². The summed E-state index contributed by atoms with van der Waals surface area (Å²) in [7, 11) is -3.71. The van der Waals surface area contributed by atoms with Crippen molar-refractivity contribution < 1.29 is 13.2 Å². The summed E-state index contributed by atoms with van der Waals surface area (Å²) in [6, 6.07) is 18.4. The molecule has 1 N–H and O–H groups in total. The Labute approximate surface area is 201 Å². The highest BCUT2D eigenvalue weighted by atomic mass is 32.2. The Hall–Kier alpha value is -3.33. The zero-order chi connectivity index (χ0) is 24.7. The summed E-state index contributed by atoms with van der Waals surface area (Å²) in [5.41, 5.74) is 3.01. The average molecular weight is 482 g/mol. The van der Waals surface area contributed by atoms with Gasteiger partial charge < -0.3 is 4.90 Å². The van der Waals surface area contributed by atoms with Crippen LogP contribution < -0.4 is 9.62 Å². The third-order valence-electron chi connectivity index (χ3n) is 5.31. The van der Waals surface area contributed by atoms with E-state index in [2.05, 4.69) is 14.9 Å². The number of unbranched alkanes of at least 4 members (excludes halogenated alkanes) is 1. The molecule has 1 aromatic heterocycles. The van der Waals surface area contributed by atoms with Gasteiger partial charge >= 0.3 is 0 Å². The fourth-order valence-electron chi connectivity index (χ4n) is 3.79. The number of amides is 1. The minimum absolute atomic E-state index is 0.180. The number of anilines is 1. The van der Waals surface area contributed by atoms with E-state index in [9.17, 15) is 13.2 Å². The van der Waals surface area contributed by atoms with Crippen molar-refractivity contribution in [1.82, 2.24) is 19.9 Å². The van der Waals surface area contributed by atoms with Crippen molar-refractivity contribution >= 4 is 21.9 Å². The first-order valence-electron chi connectivity index (χ1n) is 11.4. The second kappa shape index (κ2) is 11.2. The Morgan fingerprint density at radius 1 is 0.941 bits per heavy atom. The Bertz CT molecular complexity index is 1200. The summed E-state index contributed by atoms with van der Waals surface area (Å²) in [4.78, 5) is 19.6. The Morgan fingerprint density at radius 2 is 1.50 bits per heavy atom. The largest absolute Gasteiger partial charge is 0.325 e. The van der Waals surface area contributed by atoms with E-state index < -0.39 is 22.0 Å². The molecule has 8 nitrogen and oxygen atoms in total. The van der Waals surface area contributed by atoms with Gasteiger partial charge in [-0.2, -0.15) is 0 Å². The first-order chi connectivity index (χ1) is 16.2. The second-order valence-corrected chi connectivity index (χ2v) is 10.2. The first kappa shape index (κ1) is 25.3. The molecule has 0 spiro atoms. The van der Waals surface area contributed by atoms with E-state index >= 15 is 0 Å². The fourth-order valence-corrected chi connectivity index (χ4v) is 4.29. The maximum atomic E-state index is 13.0. The normalized spacial score (nSPS) is 12.4. The minimum Gasteiger partial charge on any atom is -0.325 e. The van der Waals surface area contributed by atoms with Gasteiger partial charge in [0.05, 0.1) is 6.26 Å². The second-order valence-electron chi connectivity index (χ2n) is 8.44. The molecular weight excluding hydrogens is 450 g/mol. The molecule has 0 aliphatic rings. The van der Waals surface area contributed by atoms with Crippen LogP contribution in [-0.4, -0.2) is 47.8 Å². The lowest BCUT2D eigenvalue weighted by atomic mass is 10.0. The zero-order valence-electron chi connectivity index (χ0n) is 20.0. The van der Waals surface area contributed by atoms with Gasteiger partial charge in [-0.25, -0.2) is 13.4 Å². The lowest BCUT2D eigenvalue weighted by Crippen LogP contribution is -2.52. The quantitative estimate of drug-likeness (QED) is 0.466. The third kappa shape index (κ3) is 6.38. The van der Waals surface area contributed by atoms with Crippen molar-refractivity contribution in [2.45, 2.75) is 52.1 Å². The van der Waals surface area contributed by atoms with Crippen molar-refractivity contribution in [3.63, 3.8) is 0 Å². The fraction of sp³-hybridized carbons (Fsp3) is 0.360. The van der Waals surface area contributed by atoms with Crippen molar-refractivity contribution in [2.24, 2.45) is 0 Å². The Balaban J connectivity index is 2.14. The summed E-state index contributed by atoms with van der Waals surface area (Å²) in [5, 5.41) is 8.93. The van der Waals surface area contributed by atoms with Crippen molar-refractivity contribution in [2.75, 3.05) is 11.2 Å². The number of carbonyl (C=O) groups is 1. The van der Waals surface area contributed by atoms with E-state index in [0.29, 0.717) is 17.8 Å². The standard InChI is InChI=1S/C25H31N5O3S/c1-5-6-17-21(24(31)29-34(4,32)33)30(18(2)3)25-26-22(19-13-9-7-10-14-19)23(27-28-25)20-15-11-8-12-16-20/h7-16,18,21H,5-6,17H2,1-4H3,(H,29,31). The van der Waals surface area contributed by atoms with Gasteiger partial charge in [-0.1, -0.05) is 80.4 Å². The molecule has 3 rings (SSSR count). The summed E-state index contributed by atoms with van der Waals surface area (Å²) < 4.78 is 25.7. The lowest BCUT2D eigenvalue weighted by Gasteiger charge is -2.34. The molecule has 1 heterocycles. The number of aromatic nitrogens is 3. The van der Waals surface area contributed by atoms with Crippen LogP contribution in [0.4, 0.5) is 5.95 Å². The van der Waals surface area contributed by atoms with Crippen LogP contribution >= 0.6 is 0 Å². The van der Waals surface area contributed by atoms with Crippen molar-refractivity contribution in [1.29, 1.82) is 0 Å². The molecule has 9 heteroatoms. The van der Waals surface area contributed by atoms with E-state index in [1.165, 1.54) is 0 Å². The van der Waals surface area contributed by atoms with Gasteiger partial charge in [-0.3, -0.25) is 9.52 Å². The number of hydrogen-bond donors (Lipinski definition) is 1. The number of benzene rings is 2. The molecule has 34 heavy (non-hydrogen) atoms. The number of nitrogens with one attached hydrogen (secondary N) is 1. The summed E-state index contributed by atoms with van der Waals surface area (Å²) in [6.07, 6.45) is 3.03. The van der Waals surface area contributed by atoms with Crippen LogP contribution in [0, 0.1) is 0 Å². The maximum Gasteiger partial charge on any atom is 0.256 e. The van der Waals surface area contributed by atoms with Crippen LogP contribution in [-0.2, 0) is 14.8 Å². The predicted octanol–water partition coefficient (Wildman–Crippen LogP) is 4.06. The number of rotatable bonds is 10. The van der Waals surface area contributed by atoms with Crippen LogP contribution in [0.2, 0.25) is 0 Å². The number of hydrogen-bond acceptors (Lipinski definition) is 7. The number of carbonyl (C=O) groups excluding carboxylic acids is 1. The smallest absolute Gasteiger partial charge is 0.256 e. The number of sulfonamides is 1. The van der Waals surface area contributed by atoms with E-state index in [4.69, 9.17) is 4.98 Å². The van der Waals surface area contributed by atoms with E-state index in [1.807, 2.05) is 81.4 Å². The maximum absolute atomic E-state index is 13.0. The molecule has 0 aliphatic heterocycles. The molecule has 1 atom stereocenters. The zero-order valence-corrected chi connectivity index (χ0v) is 20.8. The Kier molecular flexibility index (Phi) is 8.33. The highest BCUT2D eigenvalue weighted by Crippen LogP contribution is 2.30. The van der Waals surface area contributed by atoms with E-state index in [1.54, 1.807) is 4.90 Å². The highest BCUT2D eigenvalue weighted by molar-refractivity contribution is 7.89. The van der Waals surface area contributed by atoms with Gasteiger partial charge in [0, 0.05) is 17.2 Å². The SMILES string of the molecule is CCCCC(C(=O)NS(C)(=O)=O)N(c1nnc(-c2ccccc2)c(-c2ccccc2)n1)C(C)C. The topological polar surface area (TPSA) is 105 Å². The van der Waals surface area contributed by atoms with Crippen LogP contribution in [0.1, 0.15) is 40.0 Å². The molecule has 2 aromatic carbocycles. The summed E-state index contributed by atoms with van der Waals surface area (Å²) in [6.45, 7) is 5.86. The van der Waals surface area contributed by atoms with Gasteiger partial charge in [0.25, 0.3) is 5.91 Å². The molecule has 0 saturated carbocycles. The molecule has 0 radical (unpaired) electrons. The molecule has 3 aromatic rings. The van der Waals surface area contributed by atoms with Crippen molar-refractivity contribution in [3.8, 4) is 22.5 Å². The molecule has 180 valence electrons. The van der Waals surface area contributed by atoms with E-state index in [-0.39, 0.29) is 12.0 Å². The first-order valence-corrected chi connectivity index (χ1v) is 13.3. The van der Waals surface area contributed by atoms with Crippen molar-refractivity contribution in [3.05, 3.63) is 60.7 Å². The minimum atomic E-state index is -3.71. The Morgan fingerprint density at radius 3 is 2.00 bits per heavy atom. The van der Waals surface area contributed by atoms with Gasteiger partial charge in [0.1, 0.15) is 17.4 Å². The highest BCUT2D eigenvalue weighted by Gasteiger charge is 2.32. The summed E-state index contributed by atoms with van der Waals surface area (Å²) in [5.74, 6) is -0.320. The lowest BCUT2D eigenvalue weighted by molar-refractivity contribution is -0.121. The third-order valence-corrected chi connectivity index (χ3v) is 5.88. The van der Waals surface area contributed by atoms with Crippen LogP contribution in [0.5, 0.6) is 0 Å². The van der Waals surface area contributed by atoms with Gasteiger partial charge in [-0.05, 0) is 20.3 Å². The monoisotopic (exact) mass is 481 g/mol.